The van der Waals surface area contributed by atoms with Gasteiger partial charge in [-0.05, 0) is 49.5 Å². The highest BCUT2D eigenvalue weighted by Gasteiger charge is 2.20. The highest BCUT2D eigenvalue weighted by Crippen LogP contribution is 2.21. The van der Waals surface area contributed by atoms with E-state index >= 15 is 0 Å². The van der Waals surface area contributed by atoms with Gasteiger partial charge in [0.05, 0.1) is 17.8 Å². The molecule has 0 aliphatic carbocycles. The number of carbonyl (C=O) groups is 1. The molecule has 1 saturated heterocycles. The number of aryl methyl sites for hydroxylation is 1. The first-order chi connectivity index (χ1) is 15.6. The standard InChI is InChI=1S/C26H31ClN4O/c1-20-24(25(27)31(29-20)19-22-9-5-4-6-10-22)26(32)28-17-21-11-13-23(14-12-21)18-30-15-7-2-3-8-16-30/h4-6,9-14H,2-3,7-8,15-19H2,1H3,(H,28,32). The van der Waals surface area contributed by atoms with E-state index in [1.54, 1.807) is 4.68 Å². The van der Waals surface area contributed by atoms with Gasteiger partial charge in [0.1, 0.15) is 5.15 Å². The van der Waals surface area contributed by atoms with Gasteiger partial charge in [-0.2, -0.15) is 5.10 Å². The average molecular weight is 451 g/mol. The normalized spacial score (nSPS) is 14.8. The van der Waals surface area contributed by atoms with Crippen LogP contribution in [0.2, 0.25) is 5.15 Å². The van der Waals surface area contributed by atoms with Crippen molar-refractivity contribution < 1.29 is 4.79 Å². The molecule has 3 aromatic rings. The maximum atomic E-state index is 12.8. The number of hydrogen-bond acceptors (Lipinski definition) is 3. The summed E-state index contributed by atoms with van der Waals surface area (Å²) in [4.78, 5) is 15.4. The van der Waals surface area contributed by atoms with Gasteiger partial charge in [-0.25, -0.2) is 4.68 Å². The highest BCUT2D eigenvalue weighted by atomic mass is 35.5. The van der Waals surface area contributed by atoms with E-state index in [9.17, 15) is 4.79 Å². The lowest BCUT2D eigenvalue weighted by atomic mass is 10.1. The summed E-state index contributed by atoms with van der Waals surface area (Å²) < 4.78 is 1.68. The number of nitrogens with zero attached hydrogens (tertiary/aromatic N) is 3. The molecular formula is C26H31ClN4O. The molecular weight excluding hydrogens is 420 g/mol. The Bertz CT molecular complexity index is 1020. The van der Waals surface area contributed by atoms with Crippen molar-refractivity contribution in [3.63, 3.8) is 0 Å². The molecule has 0 spiro atoms. The van der Waals surface area contributed by atoms with E-state index in [4.69, 9.17) is 11.6 Å². The predicted molar refractivity (Wildman–Crippen MR) is 129 cm³/mol. The van der Waals surface area contributed by atoms with Crippen molar-refractivity contribution in [1.29, 1.82) is 0 Å². The van der Waals surface area contributed by atoms with E-state index in [1.165, 1.54) is 44.3 Å². The molecule has 0 radical (unpaired) electrons. The van der Waals surface area contributed by atoms with Crippen LogP contribution in [0.15, 0.2) is 54.6 Å². The van der Waals surface area contributed by atoms with Crippen molar-refractivity contribution in [1.82, 2.24) is 20.0 Å². The Hall–Kier alpha value is -2.63. The van der Waals surface area contributed by atoms with E-state index in [2.05, 4.69) is 39.6 Å². The molecule has 1 amide bonds. The minimum Gasteiger partial charge on any atom is -0.348 e. The van der Waals surface area contributed by atoms with Crippen molar-refractivity contribution in [2.24, 2.45) is 0 Å². The largest absolute Gasteiger partial charge is 0.348 e. The van der Waals surface area contributed by atoms with Crippen LogP contribution in [0.3, 0.4) is 0 Å². The quantitative estimate of drug-likeness (QED) is 0.538. The minimum absolute atomic E-state index is 0.194. The highest BCUT2D eigenvalue weighted by molar-refractivity contribution is 6.33. The van der Waals surface area contributed by atoms with Crippen LogP contribution < -0.4 is 5.32 Å². The molecule has 1 fully saturated rings. The Labute approximate surface area is 195 Å². The van der Waals surface area contributed by atoms with Crippen molar-refractivity contribution in [2.45, 2.75) is 52.2 Å². The van der Waals surface area contributed by atoms with E-state index in [0.717, 1.165) is 17.7 Å². The number of aromatic nitrogens is 2. The summed E-state index contributed by atoms with van der Waals surface area (Å²) in [6.45, 7) is 6.20. The third kappa shape index (κ3) is 5.78. The lowest BCUT2D eigenvalue weighted by Gasteiger charge is -2.19. The first-order valence-electron chi connectivity index (χ1n) is 11.5. The number of nitrogens with one attached hydrogen (secondary N) is 1. The molecule has 1 aromatic heterocycles. The molecule has 1 aliphatic heterocycles. The Morgan fingerprint density at radius 2 is 1.53 bits per heavy atom. The monoisotopic (exact) mass is 450 g/mol. The molecule has 2 aromatic carbocycles. The summed E-state index contributed by atoms with van der Waals surface area (Å²) in [5.74, 6) is -0.194. The molecule has 1 N–H and O–H groups in total. The molecule has 32 heavy (non-hydrogen) atoms. The van der Waals surface area contributed by atoms with Gasteiger partial charge in [0, 0.05) is 13.1 Å². The average Bonchev–Trinajstić information content (AvgIpc) is 2.96. The Morgan fingerprint density at radius 1 is 0.906 bits per heavy atom. The summed E-state index contributed by atoms with van der Waals surface area (Å²) in [7, 11) is 0. The molecule has 0 bridgehead atoms. The van der Waals surface area contributed by atoms with Gasteiger partial charge >= 0.3 is 0 Å². The number of benzene rings is 2. The summed E-state index contributed by atoms with van der Waals surface area (Å²) >= 11 is 6.52. The number of amides is 1. The van der Waals surface area contributed by atoms with Gasteiger partial charge in [0.25, 0.3) is 5.91 Å². The van der Waals surface area contributed by atoms with E-state index in [-0.39, 0.29) is 5.91 Å². The van der Waals surface area contributed by atoms with Gasteiger partial charge in [-0.3, -0.25) is 9.69 Å². The second-order valence-corrected chi connectivity index (χ2v) is 8.94. The second-order valence-electron chi connectivity index (χ2n) is 8.58. The molecule has 168 valence electrons. The van der Waals surface area contributed by atoms with Gasteiger partial charge in [0.2, 0.25) is 0 Å². The van der Waals surface area contributed by atoms with Gasteiger partial charge in [-0.1, -0.05) is 79.0 Å². The minimum atomic E-state index is -0.194. The SMILES string of the molecule is Cc1nn(Cc2ccccc2)c(Cl)c1C(=O)NCc1ccc(CN2CCCCCC2)cc1. The summed E-state index contributed by atoms with van der Waals surface area (Å²) in [6, 6.07) is 18.5. The van der Waals surface area contributed by atoms with E-state index < -0.39 is 0 Å². The fourth-order valence-corrected chi connectivity index (χ4v) is 4.58. The molecule has 0 atom stereocenters. The summed E-state index contributed by atoms with van der Waals surface area (Å²) in [5, 5.41) is 7.84. The van der Waals surface area contributed by atoms with E-state index in [0.29, 0.717) is 29.5 Å². The molecule has 2 heterocycles. The van der Waals surface area contributed by atoms with Crippen LogP contribution in [0.25, 0.3) is 0 Å². The Balaban J connectivity index is 1.34. The first-order valence-corrected chi connectivity index (χ1v) is 11.8. The fraction of sp³-hybridized carbons (Fsp3) is 0.385. The molecule has 4 rings (SSSR count). The zero-order valence-electron chi connectivity index (χ0n) is 18.7. The lowest BCUT2D eigenvalue weighted by molar-refractivity contribution is 0.0950. The van der Waals surface area contributed by atoms with Crippen molar-refractivity contribution in [3.05, 3.63) is 87.7 Å². The predicted octanol–water partition coefficient (Wildman–Crippen LogP) is 5.20. The molecule has 6 heteroatoms. The van der Waals surface area contributed by atoms with Crippen LogP contribution in [0, 0.1) is 6.92 Å². The molecule has 0 unspecified atom stereocenters. The molecule has 0 saturated carbocycles. The molecule has 5 nitrogen and oxygen atoms in total. The van der Waals surface area contributed by atoms with Crippen molar-refractivity contribution in [3.8, 4) is 0 Å². The van der Waals surface area contributed by atoms with E-state index in [1.807, 2.05) is 37.3 Å². The Morgan fingerprint density at radius 3 is 2.22 bits per heavy atom. The van der Waals surface area contributed by atoms with Crippen LogP contribution in [-0.2, 0) is 19.6 Å². The smallest absolute Gasteiger partial charge is 0.256 e. The van der Waals surface area contributed by atoms with Gasteiger partial charge in [0.15, 0.2) is 0 Å². The number of likely N-dealkylation sites (tertiary alicyclic amines) is 1. The van der Waals surface area contributed by atoms with Crippen LogP contribution in [0.5, 0.6) is 0 Å². The van der Waals surface area contributed by atoms with Crippen molar-refractivity contribution in [2.75, 3.05) is 13.1 Å². The number of halogens is 1. The topological polar surface area (TPSA) is 50.2 Å². The summed E-state index contributed by atoms with van der Waals surface area (Å²) in [6.07, 6.45) is 5.30. The zero-order valence-corrected chi connectivity index (χ0v) is 19.4. The lowest BCUT2D eigenvalue weighted by Crippen LogP contribution is -2.24. The maximum Gasteiger partial charge on any atom is 0.256 e. The van der Waals surface area contributed by atoms with Gasteiger partial charge in [-0.15, -0.1) is 0 Å². The fourth-order valence-electron chi connectivity index (χ4n) is 4.26. The number of hydrogen-bond donors (Lipinski definition) is 1. The third-order valence-electron chi connectivity index (χ3n) is 6.05. The first kappa shape index (κ1) is 22.6. The number of carbonyl (C=O) groups excluding carboxylic acids is 1. The van der Waals surface area contributed by atoms with Crippen molar-refractivity contribution >= 4 is 17.5 Å². The van der Waals surface area contributed by atoms with Crippen LogP contribution in [0.4, 0.5) is 0 Å². The second kappa shape index (κ2) is 10.8. The van der Waals surface area contributed by atoms with Crippen LogP contribution >= 0.6 is 11.6 Å². The third-order valence-corrected chi connectivity index (χ3v) is 6.43. The van der Waals surface area contributed by atoms with Crippen LogP contribution in [-0.4, -0.2) is 33.7 Å². The zero-order chi connectivity index (χ0) is 22.3. The Kier molecular flexibility index (Phi) is 7.61. The number of rotatable bonds is 7. The molecule has 1 aliphatic rings. The summed E-state index contributed by atoms with van der Waals surface area (Å²) in [5.41, 5.74) is 4.56. The van der Waals surface area contributed by atoms with Crippen LogP contribution in [0.1, 0.15) is 58.4 Å². The van der Waals surface area contributed by atoms with Gasteiger partial charge < -0.3 is 5.32 Å². The maximum absolute atomic E-state index is 12.8.